The SMILES string of the molecule is CNC(Cc1ccsc1)c1ccc(C)c(F)c1. The minimum atomic E-state index is -0.131. The van der Waals surface area contributed by atoms with E-state index in [0.717, 1.165) is 12.0 Å². The molecule has 0 saturated carbocycles. The normalized spacial score (nSPS) is 12.6. The maximum Gasteiger partial charge on any atom is 0.126 e. The summed E-state index contributed by atoms with van der Waals surface area (Å²) in [6.45, 7) is 1.78. The number of thiophene rings is 1. The van der Waals surface area contributed by atoms with Gasteiger partial charge in [0.1, 0.15) is 5.82 Å². The fraction of sp³-hybridized carbons (Fsp3) is 0.286. The van der Waals surface area contributed by atoms with Gasteiger partial charge in [0.25, 0.3) is 0 Å². The van der Waals surface area contributed by atoms with Crippen molar-refractivity contribution in [3.63, 3.8) is 0 Å². The van der Waals surface area contributed by atoms with Gasteiger partial charge in [-0.25, -0.2) is 4.39 Å². The highest BCUT2D eigenvalue weighted by molar-refractivity contribution is 7.07. The largest absolute Gasteiger partial charge is 0.313 e. The van der Waals surface area contributed by atoms with Crippen molar-refractivity contribution < 1.29 is 4.39 Å². The fourth-order valence-electron chi connectivity index (χ4n) is 1.86. The molecule has 0 saturated heterocycles. The summed E-state index contributed by atoms with van der Waals surface area (Å²) in [6, 6.07) is 7.73. The lowest BCUT2D eigenvalue weighted by Crippen LogP contribution is -2.18. The van der Waals surface area contributed by atoms with Gasteiger partial charge in [0.2, 0.25) is 0 Å². The summed E-state index contributed by atoms with van der Waals surface area (Å²) >= 11 is 1.69. The summed E-state index contributed by atoms with van der Waals surface area (Å²) in [5.74, 6) is -0.131. The summed E-state index contributed by atoms with van der Waals surface area (Å²) < 4.78 is 13.5. The first kappa shape index (κ1) is 12.3. The highest BCUT2D eigenvalue weighted by atomic mass is 32.1. The van der Waals surface area contributed by atoms with Crippen LogP contribution in [0.25, 0.3) is 0 Å². The number of nitrogens with one attached hydrogen (secondary N) is 1. The van der Waals surface area contributed by atoms with Crippen LogP contribution in [0.1, 0.15) is 22.7 Å². The number of benzene rings is 1. The van der Waals surface area contributed by atoms with Crippen molar-refractivity contribution >= 4 is 11.3 Å². The van der Waals surface area contributed by atoms with E-state index in [1.165, 1.54) is 5.56 Å². The van der Waals surface area contributed by atoms with Gasteiger partial charge < -0.3 is 5.32 Å². The fourth-order valence-corrected chi connectivity index (χ4v) is 2.54. The van der Waals surface area contributed by atoms with E-state index in [0.29, 0.717) is 5.56 Å². The summed E-state index contributed by atoms with van der Waals surface area (Å²) in [7, 11) is 1.91. The van der Waals surface area contributed by atoms with Crippen LogP contribution in [0, 0.1) is 12.7 Å². The van der Waals surface area contributed by atoms with Crippen LogP contribution < -0.4 is 5.32 Å². The molecule has 0 bridgehead atoms. The predicted molar refractivity (Wildman–Crippen MR) is 71.0 cm³/mol. The molecule has 0 fully saturated rings. The van der Waals surface area contributed by atoms with E-state index in [2.05, 4.69) is 22.1 Å². The van der Waals surface area contributed by atoms with E-state index >= 15 is 0 Å². The predicted octanol–water partition coefficient (Wildman–Crippen LogP) is 3.70. The van der Waals surface area contributed by atoms with Gasteiger partial charge in [-0.05, 0) is 60.0 Å². The number of halogens is 1. The molecule has 1 aromatic heterocycles. The van der Waals surface area contributed by atoms with Crippen LogP contribution in [0.15, 0.2) is 35.0 Å². The van der Waals surface area contributed by atoms with Crippen LogP contribution in [-0.4, -0.2) is 7.05 Å². The maximum absolute atomic E-state index is 13.5. The van der Waals surface area contributed by atoms with Gasteiger partial charge in [-0.3, -0.25) is 0 Å². The van der Waals surface area contributed by atoms with Crippen molar-refractivity contribution in [3.8, 4) is 0 Å². The lowest BCUT2D eigenvalue weighted by molar-refractivity contribution is 0.575. The van der Waals surface area contributed by atoms with Gasteiger partial charge in [-0.1, -0.05) is 12.1 Å². The number of likely N-dealkylation sites (N-methyl/N-ethyl adjacent to an activating group) is 1. The first-order chi connectivity index (χ1) is 8.20. The lowest BCUT2D eigenvalue weighted by Gasteiger charge is -2.16. The highest BCUT2D eigenvalue weighted by Crippen LogP contribution is 2.21. The van der Waals surface area contributed by atoms with Crippen LogP contribution in [-0.2, 0) is 6.42 Å². The molecule has 3 heteroatoms. The molecular weight excluding hydrogens is 233 g/mol. The van der Waals surface area contributed by atoms with E-state index in [1.807, 2.05) is 19.2 Å². The Balaban J connectivity index is 2.20. The zero-order valence-electron chi connectivity index (χ0n) is 10.0. The van der Waals surface area contributed by atoms with E-state index < -0.39 is 0 Å². The van der Waals surface area contributed by atoms with Crippen molar-refractivity contribution in [1.29, 1.82) is 0 Å². The molecule has 0 amide bonds. The lowest BCUT2D eigenvalue weighted by atomic mass is 9.99. The van der Waals surface area contributed by atoms with Crippen LogP contribution in [0.5, 0.6) is 0 Å². The Labute approximate surface area is 105 Å². The molecule has 17 heavy (non-hydrogen) atoms. The molecule has 0 aliphatic heterocycles. The standard InChI is InChI=1S/C14H16FNS/c1-10-3-4-12(8-13(10)15)14(16-2)7-11-5-6-17-9-11/h3-6,8-9,14,16H,7H2,1-2H3. The molecule has 0 spiro atoms. The minimum absolute atomic E-state index is 0.131. The van der Waals surface area contributed by atoms with Crippen LogP contribution in [0.3, 0.4) is 0 Å². The zero-order valence-corrected chi connectivity index (χ0v) is 10.9. The second kappa shape index (κ2) is 5.43. The van der Waals surface area contributed by atoms with E-state index in [4.69, 9.17) is 0 Å². The molecule has 90 valence electrons. The third-order valence-electron chi connectivity index (χ3n) is 2.97. The Hall–Kier alpha value is -1.19. The molecular formula is C14H16FNS. The molecule has 2 aromatic rings. The Bertz CT molecular complexity index is 479. The Morgan fingerprint density at radius 1 is 1.35 bits per heavy atom. The van der Waals surface area contributed by atoms with E-state index in [9.17, 15) is 4.39 Å². The third-order valence-corrected chi connectivity index (χ3v) is 3.70. The molecule has 1 unspecified atom stereocenters. The number of hydrogen-bond acceptors (Lipinski definition) is 2. The Morgan fingerprint density at radius 3 is 2.76 bits per heavy atom. The minimum Gasteiger partial charge on any atom is -0.313 e. The number of hydrogen-bond donors (Lipinski definition) is 1. The molecule has 1 N–H and O–H groups in total. The zero-order chi connectivity index (χ0) is 12.3. The molecule has 1 aromatic carbocycles. The van der Waals surface area contributed by atoms with Crippen LogP contribution >= 0.6 is 11.3 Å². The van der Waals surface area contributed by atoms with Crippen molar-refractivity contribution in [2.24, 2.45) is 0 Å². The topological polar surface area (TPSA) is 12.0 Å². The second-order valence-electron chi connectivity index (χ2n) is 4.19. The Kier molecular flexibility index (Phi) is 3.92. The quantitative estimate of drug-likeness (QED) is 0.871. The molecule has 0 radical (unpaired) electrons. The van der Waals surface area contributed by atoms with Gasteiger partial charge in [-0.2, -0.15) is 11.3 Å². The number of rotatable bonds is 4. The first-order valence-electron chi connectivity index (χ1n) is 5.65. The van der Waals surface area contributed by atoms with Gasteiger partial charge >= 0.3 is 0 Å². The molecule has 0 aliphatic rings. The summed E-state index contributed by atoms with van der Waals surface area (Å²) in [4.78, 5) is 0. The first-order valence-corrected chi connectivity index (χ1v) is 6.59. The second-order valence-corrected chi connectivity index (χ2v) is 4.97. The smallest absolute Gasteiger partial charge is 0.126 e. The van der Waals surface area contributed by atoms with Gasteiger partial charge in [0, 0.05) is 6.04 Å². The average Bonchev–Trinajstić information content (AvgIpc) is 2.82. The average molecular weight is 249 g/mol. The maximum atomic E-state index is 13.5. The van der Waals surface area contributed by atoms with Crippen molar-refractivity contribution in [3.05, 3.63) is 57.5 Å². The third kappa shape index (κ3) is 2.93. The van der Waals surface area contributed by atoms with Gasteiger partial charge in [0.15, 0.2) is 0 Å². The van der Waals surface area contributed by atoms with Gasteiger partial charge in [-0.15, -0.1) is 0 Å². The molecule has 1 nitrogen and oxygen atoms in total. The van der Waals surface area contributed by atoms with Gasteiger partial charge in [0.05, 0.1) is 0 Å². The summed E-state index contributed by atoms with van der Waals surface area (Å²) in [5.41, 5.74) is 2.98. The summed E-state index contributed by atoms with van der Waals surface area (Å²) in [6.07, 6.45) is 0.891. The highest BCUT2D eigenvalue weighted by Gasteiger charge is 2.11. The molecule has 1 atom stereocenters. The van der Waals surface area contributed by atoms with Crippen LogP contribution in [0.4, 0.5) is 4.39 Å². The van der Waals surface area contributed by atoms with Crippen LogP contribution in [0.2, 0.25) is 0 Å². The monoisotopic (exact) mass is 249 g/mol. The molecule has 1 heterocycles. The molecule has 2 rings (SSSR count). The molecule has 0 aliphatic carbocycles. The van der Waals surface area contributed by atoms with E-state index in [-0.39, 0.29) is 11.9 Å². The van der Waals surface area contributed by atoms with Crippen molar-refractivity contribution in [2.75, 3.05) is 7.05 Å². The van der Waals surface area contributed by atoms with E-state index in [1.54, 1.807) is 24.3 Å². The number of aryl methyl sites for hydroxylation is 1. The summed E-state index contributed by atoms with van der Waals surface area (Å²) in [5, 5.41) is 7.44. The van der Waals surface area contributed by atoms with Crippen molar-refractivity contribution in [2.45, 2.75) is 19.4 Å². The van der Waals surface area contributed by atoms with Crippen molar-refractivity contribution in [1.82, 2.24) is 5.32 Å². The Morgan fingerprint density at radius 2 is 2.18 bits per heavy atom.